The number of anilines is 1. The lowest BCUT2D eigenvalue weighted by Crippen LogP contribution is -2.28. The summed E-state index contributed by atoms with van der Waals surface area (Å²) in [5.74, 6) is 0.869. The maximum Gasteiger partial charge on any atom is 0.0593 e. The molecule has 1 fully saturated rings. The monoisotopic (exact) mass is 262 g/mol. The molecule has 19 heavy (non-hydrogen) atoms. The normalized spacial score (nSPS) is 14.9. The Morgan fingerprint density at radius 2 is 2.16 bits per heavy atom. The Hall–Kier alpha value is -1.06. The van der Waals surface area contributed by atoms with Gasteiger partial charge >= 0.3 is 0 Å². The van der Waals surface area contributed by atoms with E-state index in [1.807, 2.05) is 0 Å². The van der Waals surface area contributed by atoms with Gasteiger partial charge in [-0.1, -0.05) is 12.1 Å². The molecule has 0 bridgehead atoms. The van der Waals surface area contributed by atoms with E-state index >= 15 is 0 Å². The molecule has 0 heterocycles. The summed E-state index contributed by atoms with van der Waals surface area (Å²) < 4.78 is 5.65. The minimum Gasteiger partial charge on any atom is -0.384 e. The predicted octanol–water partition coefficient (Wildman–Crippen LogP) is 2.77. The third-order valence-corrected chi connectivity index (χ3v) is 3.51. The summed E-state index contributed by atoms with van der Waals surface area (Å²) in [7, 11) is 2.15. The fourth-order valence-electron chi connectivity index (χ4n) is 2.01. The lowest BCUT2D eigenvalue weighted by molar-refractivity contribution is 0.104. The van der Waals surface area contributed by atoms with E-state index in [0.717, 1.165) is 38.8 Å². The summed E-state index contributed by atoms with van der Waals surface area (Å²) in [6.45, 7) is 6.98. The van der Waals surface area contributed by atoms with Crippen molar-refractivity contribution in [1.29, 1.82) is 0 Å². The van der Waals surface area contributed by atoms with Crippen molar-refractivity contribution < 1.29 is 4.74 Å². The Morgan fingerprint density at radius 3 is 2.89 bits per heavy atom. The summed E-state index contributed by atoms with van der Waals surface area (Å²) in [5, 5.41) is 3.45. The molecule has 0 aromatic heterocycles. The van der Waals surface area contributed by atoms with Gasteiger partial charge in [0.05, 0.1) is 6.61 Å². The number of hydrogen-bond donors (Lipinski definition) is 1. The highest BCUT2D eigenvalue weighted by Crippen LogP contribution is 2.28. The molecule has 0 aliphatic heterocycles. The molecule has 0 saturated heterocycles. The van der Waals surface area contributed by atoms with Gasteiger partial charge in [0, 0.05) is 31.9 Å². The second kappa shape index (κ2) is 7.51. The number of rotatable bonds is 9. The highest BCUT2D eigenvalue weighted by Gasteiger charge is 2.20. The first kappa shape index (κ1) is 14.4. The van der Waals surface area contributed by atoms with Gasteiger partial charge in [-0.05, 0) is 50.4 Å². The molecule has 0 spiro atoms. The SMILES string of the molecule is Cc1cccc(NCCN(C)CCOCC2CC2)c1. The zero-order chi connectivity index (χ0) is 13.5. The van der Waals surface area contributed by atoms with E-state index in [2.05, 4.69) is 48.5 Å². The van der Waals surface area contributed by atoms with Crippen molar-refractivity contribution in [3.05, 3.63) is 29.8 Å². The van der Waals surface area contributed by atoms with Crippen LogP contribution in [0, 0.1) is 12.8 Å². The summed E-state index contributed by atoms with van der Waals surface area (Å²) in [4.78, 5) is 2.32. The average Bonchev–Trinajstić information content (AvgIpc) is 3.19. The first-order valence-electron chi connectivity index (χ1n) is 7.31. The molecule has 0 unspecified atom stereocenters. The topological polar surface area (TPSA) is 24.5 Å². The smallest absolute Gasteiger partial charge is 0.0593 e. The number of hydrogen-bond acceptors (Lipinski definition) is 3. The maximum atomic E-state index is 5.65. The fraction of sp³-hybridized carbons (Fsp3) is 0.625. The molecule has 1 aromatic rings. The minimum atomic E-state index is 0.859. The van der Waals surface area contributed by atoms with Crippen molar-refractivity contribution in [1.82, 2.24) is 4.90 Å². The highest BCUT2D eigenvalue weighted by molar-refractivity contribution is 5.45. The largest absolute Gasteiger partial charge is 0.384 e. The predicted molar refractivity (Wildman–Crippen MR) is 80.7 cm³/mol. The van der Waals surface area contributed by atoms with Crippen molar-refractivity contribution in [3.8, 4) is 0 Å². The van der Waals surface area contributed by atoms with Gasteiger partial charge in [-0.25, -0.2) is 0 Å². The molecule has 0 radical (unpaired) electrons. The Bertz CT molecular complexity index is 377. The zero-order valence-electron chi connectivity index (χ0n) is 12.2. The first-order chi connectivity index (χ1) is 9.24. The van der Waals surface area contributed by atoms with Crippen molar-refractivity contribution in [2.45, 2.75) is 19.8 Å². The van der Waals surface area contributed by atoms with E-state index in [4.69, 9.17) is 4.74 Å². The van der Waals surface area contributed by atoms with Gasteiger partial charge in [-0.15, -0.1) is 0 Å². The van der Waals surface area contributed by atoms with Gasteiger partial charge < -0.3 is 15.0 Å². The van der Waals surface area contributed by atoms with Gasteiger partial charge in [-0.2, -0.15) is 0 Å². The van der Waals surface area contributed by atoms with Gasteiger partial charge in [0.2, 0.25) is 0 Å². The van der Waals surface area contributed by atoms with Crippen LogP contribution < -0.4 is 5.32 Å². The van der Waals surface area contributed by atoms with Gasteiger partial charge in [0.1, 0.15) is 0 Å². The molecule has 2 rings (SSSR count). The van der Waals surface area contributed by atoms with E-state index in [9.17, 15) is 0 Å². The van der Waals surface area contributed by atoms with Crippen LogP contribution in [0.5, 0.6) is 0 Å². The molecule has 0 amide bonds. The lowest BCUT2D eigenvalue weighted by atomic mass is 10.2. The third-order valence-electron chi connectivity index (χ3n) is 3.51. The number of benzene rings is 1. The van der Waals surface area contributed by atoms with E-state index in [1.165, 1.54) is 24.1 Å². The summed E-state index contributed by atoms with van der Waals surface area (Å²) in [5.41, 5.74) is 2.50. The molecule has 1 aliphatic carbocycles. The van der Waals surface area contributed by atoms with Crippen LogP contribution in [0.15, 0.2) is 24.3 Å². The van der Waals surface area contributed by atoms with Crippen LogP contribution in [0.25, 0.3) is 0 Å². The maximum absolute atomic E-state index is 5.65. The molecule has 3 nitrogen and oxygen atoms in total. The molecule has 1 aromatic carbocycles. The quantitative estimate of drug-likeness (QED) is 0.693. The fourth-order valence-corrected chi connectivity index (χ4v) is 2.01. The first-order valence-corrected chi connectivity index (χ1v) is 7.31. The Labute approximate surface area is 116 Å². The molecular formula is C16H26N2O. The summed E-state index contributed by atoms with van der Waals surface area (Å²) in [6.07, 6.45) is 2.74. The van der Waals surface area contributed by atoms with Crippen molar-refractivity contribution in [2.75, 3.05) is 45.2 Å². The van der Waals surface area contributed by atoms with E-state index in [0.29, 0.717) is 0 Å². The highest BCUT2D eigenvalue weighted by atomic mass is 16.5. The minimum absolute atomic E-state index is 0.859. The van der Waals surface area contributed by atoms with Crippen LogP contribution >= 0.6 is 0 Å². The number of ether oxygens (including phenoxy) is 1. The van der Waals surface area contributed by atoms with E-state index in [1.54, 1.807) is 0 Å². The third kappa shape index (κ3) is 6.08. The molecule has 0 atom stereocenters. The van der Waals surface area contributed by atoms with E-state index in [-0.39, 0.29) is 0 Å². The standard InChI is InChI=1S/C16H26N2O/c1-14-4-3-5-16(12-14)17-8-9-18(2)10-11-19-13-15-6-7-15/h3-5,12,15,17H,6-11,13H2,1-2H3. The number of likely N-dealkylation sites (N-methyl/N-ethyl adjacent to an activating group) is 1. The Kier molecular flexibility index (Phi) is 5.67. The number of aryl methyl sites for hydroxylation is 1. The Morgan fingerprint density at radius 1 is 1.32 bits per heavy atom. The zero-order valence-corrected chi connectivity index (χ0v) is 12.2. The van der Waals surface area contributed by atoms with Crippen LogP contribution in [0.3, 0.4) is 0 Å². The molecule has 1 saturated carbocycles. The van der Waals surface area contributed by atoms with Crippen molar-refractivity contribution >= 4 is 5.69 Å². The van der Waals surface area contributed by atoms with Gasteiger partial charge in [0.15, 0.2) is 0 Å². The number of nitrogens with one attached hydrogen (secondary N) is 1. The average molecular weight is 262 g/mol. The summed E-state index contributed by atoms with van der Waals surface area (Å²) in [6, 6.07) is 8.51. The number of nitrogens with zero attached hydrogens (tertiary/aromatic N) is 1. The van der Waals surface area contributed by atoms with Crippen LogP contribution in [0.1, 0.15) is 18.4 Å². The molecule has 1 aliphatic rings. The van der Waals surface area contributed by atoms with Crippen molar-refractivity contribution in [2.24, 2.45) is 5.92 Å². The summed E-state index contributed by atoms with van der Waals surface area (Å²) >= 11 is 0. The van der Waals surface area contributed by atoms with Gasteiger partial charge in [0.25, 0.3) is 0 Å². The molecule has 3 heteroatoms. The lowest BCUT2D eigenvalue weighted by Gasteiger charge is -2.17. The molecular weight excluding hydrogens is 236 g/mol. The van der Waals surface area contributed by atoms with Gasteiger partial charge in [-0.3, -0.25) is 0 Å². The van der Waals surface area contributed by atoms with Crippen LogP contribution in [-0.4, -0.2) is 44.8 Å². The molecule has 1 N–H and O–H groups in total. The van der Waals surface area contributed by atoms with Crippen LogP contribution in [0.2, 0.25) is 0 Å². The van der Waals surface area contributed by atoms with E-state index < -0.39 is 0 Å². The Balaban J connectivity index is 1.51. The second-order valence-corrected chi connectivity index (χ2v) is 5.62. The molecule has 106 valence electrons. The van der Waals surface area contributed by atoms with Crippen LogP contribution in [-0.2, 0) is 4.74 Å². The van der Waals surface area contributed by atoms with Crippen LogP contribution in [0.4, 0.5) is 5.69 Å². The second-order valence-electron chi connectivity index (χ2n) is 5.62. The van der Waals surface area contributed by atoms with Crippen molar-refractivity contribution in [3.63, 3.8) is 0 Å².